The third kappa shape index (κ3) is 1.46. The van der Waals surface area contributed by atoms with Gasteiger partial charge in [-0.1, -0.05) is 29.5 Å². The number of hydrogen-bond acceptors (Lipinski definition) is 0. The van der Waals surface area contributed by atoms with E-state index in [2.05, 4.69) is 0 Å². The Hall–Kier alpha value is 0.1000. The molecule has 0 radical (unpaired) electrons. The van der Waals surface area contributed by atoms with Gasteiger partial charge in [-0.05, 0) is 0 Å². The van der Waals surface area contributed by atoms with Crippen molar-refractivity contribution in [2.45, 2.75) is 46.6 Å². The fraction of sp³-hybridized carbons (Fsp3) is 1.00. The lowest BCUT2D eigenvalue weighted by atomic mass is 9.92. The molecule has 0 amide bonds. The van der Waals surface area contributed by atoms with Crippen molar-refractivity contribution in [1.29, 1.82) is 0 Å². The van der Waals surface area contributed by atoms with Crippen LogP contribution in [0, 0.1) is 0 Å². The van der Waals surface area contributed by atoms with Crippen molar-refractivity contribution >= 4 is 22.6 Å². The maximum atomic E-state index is 13.6. The van der Waals surface area contributed by atoms with Crippen LogP contribution in [0.2, 0.25) is 0 Å². The second-order valence-electron chi connectivity index (χ2n) is 4.08. The Morgan fingerprint density at radius 2 is 1.00 bits per heavy atom. The lowest BCUT2D eigenvalue weighted by molar-refractivity contribution is -0.303. The van der Waals surface area contributed by atoms with E-state index in [0.717, 1.165) is 6.92 Å². The zero-order valence-electron chi connectivity index (χ0n) is 8.56. The molecule has 108 valence electrons. The Kier molecular flexibility index (Phi) is 3.42. The average molecular weight is 400 g/mol. The predicted octanol–water partition coefficient (Wildman–Crippen LogP) is 4.46. The molecule has 0 aromatic heterocycles. The van der Waals surface area contributed by atoms with Crippen LogP contribution in [-0.4, -0.2) is 33.3 Å². The first kappa shape index (κ1) is 16.2. The van der Waals surface area contributed by atoms with Crippen LogP contribution in [-0.2, 0) is 0 Å². The summed E-state index contributed by atoms with van der Waals surface area (Å²) in [6.45, 7) is 0.961. The first-order chi connectivity index (χ1) is 7.67. The Bertz CT molecular complexity index is 322. The summed E-state index contributed by atoms with van der Waals surface area (Å²) in [5.74, 6) is -25.2. The molecule has 1 saturated carbocycles. The van der Waals surface area contributed by atoms with Crippen LogP contribution in [0.15, 0.2) is 0 Å². The van der Waals surface area contributed by atoms with E-state index in [1.807, 2.05) is 0 Å². The topological polar surface area (TPSA) is 0 Å². The van der Waals surface area contributed by atoms with Crippen LogP contribution in [0.3, 0.4) is 0 Å². The minimum atomic E-state index is -6.45. The summed E-state index contributed by atoms with van der Waals surface area (Å²) in [5, 5.41) is 0. The summed E-state index contributed by atoms with van der Waals surface area (Å²) in [6, 6.07) is 0. The molecule has 0 N–H and O–H groups in total. The quantitative estimate of drug-likeness (QED) is 0.365. The highest BCUT2D eigenvalue weighted by Gasteiger charge is 3.00. The number of alkyl halides is 10. The number of halogens is 10. The second-order valence-corrected chi connectivity index (χ2v) is 6.21. The SMILES string of the molecule is CC(I)CC1(F)C(F)(F)C(F)(F)C(F)(F)C1(F)F. The van der Waals surface area contributed by atoms with Gasteiger partial charge < -0.3 is 0 Å². The average Bonchev–Trinajstić information content (AvgIpc) is 2.17. The van der Waals surface area contributed by atoms with E-state index >= 15 is 0 Å². The monoisotopic (exact) mass is 400 g/mol. The van der Waals surface area contributed by atoms with Crippen molar-refractivity contribution < 1.29 is 39.5 Å². The zero-order chi connectivity index (χ0) is 14.8. The van der Waals surface area contributed by atoms with E-state index in [1.54, 1.807) is 0 Å². The summed E-state index contributed by atoms with van der Waals surface area (Å²) in [6.07, 6.45) is -1.82. The molecular formula is C8H6F9I. The van der Waals surface area contributed by atoms with Gasteiger partial charge >= 0.3 is 23.7 Å². The first-order valence-corrected chi connectivity index (χ1v) is 5.75. The minimum absolute atomic E-state index is 0.961. The van der Waals surface area contributed by atoms with Crippen molar-refractivity contribution in [3.05, 3.63) is 0 Å². The van der Waals surface area contributed by atoms with Gasteiger partial charge in [0.1, 0.15) is 0 Å². The van der Waals surface area contributed by atoms with Gasteiger partial charge in [0.25, 0.3) is 5.67 Å². The lowest BCUT2D eigenvalue weighted by Crippen LogP contribution is -2.55. The molecular weight excluding hydrogens is 394 g/mol. The van der Waals surface area contributed by atoms with Crippen molar-refractivity contribution in [3.8, 4) is 0 Å². The Labute approximate surface area is 109 Å². The summed E-state index contributed by atoms with van der Waals surface area (Å²) >= 11 is 1.20. The maximum Gasteiger partial charge on any atom is 0.381 e. The van der Waals surface area contributed by atoms with Crippen LogP contribution in [0.25, 0.3) is 0 Å². The molecule has 10 heteroatoms. The minimum Gasteiger partial charge on any atom is -0.230 e. The molecule has 0 spiro atoms. The molecule has 1 rings (SSSR count). The molecule has 1 aliphatic carbocycles. The normalized spacial score (nSPS) is 32.2. The molecule has 1 atom stereocenters. The molecule has 0 aromatic rings. The Morgan fingerprint density at radius 3 is 1.22 bits per heavy atom. The highest BCUT2D eigenvalue weighted by Crippen LogP contribution is 2.70. The maximum absolute atomic E-state index is 13.6. The van der Waals surface area contributed by atoms with E-state index in [4.69, 9.17) is 0 Å². The van der Waals surface area contributed by atoms with Gasteiger partial charge in [0.05, 0.1) is 0 Å². The van der Waals surface area contributed by atoms with E-state index in [1.165, 1.54) is 22.6 Å². The highest BCUT2D eigenvalue weighted by atomic mass is 127. The molecule has 0 heterocycles. The summed E-state index contributed by atoms with van der Waals surface area (Å²) in [4.78, 5) is 0. The van der Waals surface area contributed by atoms with Gasteiger partial charge in [0, 0.05) is 10.3 Å². The van der Waals surface area contributed by atoms with Gasteiger partial charge in [-0.3, -0.25) is 0 Å². The number of rotatable bonds is 2. The molecule has 1 unspecified atom stereocenters. The van der Waals surface area contributed by atoms with Crippen molar-refractivity contribution in [1.82, 2.24) is 0 Å². The highest BCUT2D eigenvalue weighted by molar-refractivity contribution is 14.1. The van der Waals surface area contributed by atoms with Crippen molar-refractivity contribution in [3.63, 3.8) is 0 Å². The van der Waals surface area contributed by atoms with E-state index in [-0.39, 0.29) is 0 Å². The summed E-state index contributed by atoms with van der Waals surface area (Å²) < 4.78 is 115. The van der Waals surface area contributed by atoms with E-state index < -0.39 is 39.7 Å². The van der Waals surface area contributed by atoms with Gasteiger partial charge in [0.15, 0.2) is 0 Å². The van der Waals surface area contributed by atoms with Crippen molar-refractivity contribution in [2.24, 2.45) is 0 Å². The van der Waals surface area contributed by atoms with Gasteiger partial charge in [-0.2, -0.15) is 35.1 Å². The van der Waals surface area contributed by atoms with Gasteiger partial charge in [-0.25, -0.2) is 4.39 Å². The molecule has 0 aliphatic heterocycles. The smallest absolute Gasteiger partial charge is 0.230 e. The van der Waals surface area contributed by atoms with E-state index in [0.29, 0.717) is 0 Å². The molecule has 1 aliphatic rings. The molecule has 0 saturated heterocycles. The molecule has 0 aromatic carbocycles. The van der Waals surface area contributed by atoms with Crippen LogP contribution >= 0.6 is 22.6 Å². The van der Waals surface area contributed by atoms with Gasteiger partial charge in [-0.15, -0.1) is 0 Å². The van der Waals surface area contributed by atoms with E-state index in [9.17, 15) is 39.5 Å². The first-order valence-electron chi connectivity index (χ1n) is 4.51. The second kappa shape index (κ2) is 3.81. The van der Waals surface area contributed by atoms with Crippen LogP contribution in [0.4, 0.5) is 39.5 Å². The third-order valence-corrected chi connectivity index (χ3v) is 3.18. The molecule has 18 heavy (non-hydrogen) atoms. The van der Waals surface area contributed by atoms with Crippen molar-refractivity contribution in [2.75, 3.05) is 0 Å². The largest absolute Gasteiger partial charge is 0.381 e. The molecule has 1 fully saturated rings. The standard InChI is InChI=1S/C8H6F9I/c1-3(18)2-4(9)5(10,11)7(14,15)8(16,17)6(4,12)13/h3H,2H2,1H3. The van der Waals surface area contributed by atoms with Crippen LogP contribution in [0.5, 0.6) is 0 Å². The molecule has 0 bridgehead atoms. The predicted molar refractivity (Wildman–Crippen MR) is 51.7 cm³/mol. The fourth-order valence-electron chi connectivity index (χ4n) is 1.73. The fourth-order valence-corrected chi connectivity index (χ4v) is 2.34. The Morgan fingerprint density at radius 1 is 0.722 bits per heavy atom. The van der Waals surface area contributed by atoms with Gasteiger partial charge in [0.2, 0.25) is 0 Å². The zero-order valence-corrected chi connectivity index (χ0v) is 10.7. The number of hydrogen-bond donors (Lipinski definition) is 0. The van der Waals surface area contributed by atoms with Crippen LogP contribution in [0.1, 0.15) is 13.3 Å². The summed E-state index contributed by atoms with van der Waals surface area (Å²) in [7, 11) is 0. The molecule has 0 nitrogen and oxygen atoms in total. The third-order valence-electron chi connectivity index (χ3n) is 2.74. The Balaban J connectivity index is 3.52. The lowest BCUT2D eigenvalue weighted by Gasteiger charge is -2.31. The van der Waals surface area contributed by atoms with Crippen LogP contribution < -0.4 is 0 Å². The summed E-state index contributed by atoms with van der Waals surface area (Å²) in [5.41, 5.74) is -5.30.